The molecule has 0 unspecified atom stereocenters. The number of carbonyl (C=O) groups excluding carboxylic acids is 2. The van der Waals surface area contributed by atoms with Crippen molar-refractivity contribution in [2.45, 2.75) is 0 Å². The van der Waals surface area contributed by atoms with E-state index < -0.39 is 17.4 Å². The quantitative estimate of drug-likeness (QED) is 0.557. The van der Waals surface area contributed by atoms with Gasteiger partial charge in [-0.05, 0) is 24.3 Å². The zero-order chi connectivity index (χ0) is 13.6. The number of nitrogens with zero attached hydrogens (tertiary/aromatic N) is 2. The number of amides is 2. The third kappa shape index (κ3) is 1.60. The van der Waals surface area contributed by atoms with Crippen molar-refractivity contribution < 1.29 is 9.59 Å². The third-order valence-corrected chi connectivity index (χ3v) is 2.80. The Morgan fingerprint density at radius 3 is 2.42 bits per heavy atom. The highest BCUT2D eigenvalue weighted by Crippen LogP contribution is 2.27. The second-order valence-corrected chi connectivity index (χ2v) is 4.03. The summed E-state index contributed by atoms with van der Waals surface area (Å²) in [5.41, 5.74) is 6.09. The Morgan fingerprint density at radius 2 is 1.74 bits per heavy atom. The number of rotatable bonds is 1. The van der Waals surface area contributed by atoms with E-state index in [9.17, 15) is 14.4 Å². The van der Waals surface area contributed by atoms with Crippen LogP contribution in [-0.4, -0.2) is 22.0 Å². The number of anilines is 2. The van der Waals surface area contributed by atoms with Crippen LogP contribution in [-0.2, 0) is 0 Å². The van der Waals surface area contributed by atoms with E-state index in [4.69, 9.17) is 5.73 Å². The minimum Gasteiger partial charge on any atom is -0.399 e. The normalized spacial score (nSPS) is 13.8. The van der Waals surface area contributed by atoms with Gasteiger partial charge in [-0.3, -0.25) is 14.4 Å². The van der Waals surface area contributed by atoms with Crippen LogP contribution in [0.5, 0.6) is 0 Å². The molecule has 1 aliphatic heterocycles. The van der Waals surface area contributed by atoms with Gasteiger partial charge >= 0.3 is 0 Å². The predicted molar refractivity (Wildman–Crippen MR) is 66.9 cm³/mol. The molecule has 0 fully saturated rings. The molecular formula is C12H8N4O3. The van der Waals surface area contributed by atoms with Gasteiger partial charge < -0.3 is 5.73 Å². The van der Waals surface area contributed by atoms with Crippen molar-refractivity contribution >= 4 is 23.3 Å². The van der Waals surface area contributed by atoms with Crippen molar-refractivity contribution in [1.82, 2.24) is 10.2 Å². The lowest BCUT2D eigenvalue weighted by atomic mass is 10.1. The number of benzene rings is 1. The van der Waals surface area contributed by atoms with Crippen LogP contribution in [0.3, 0.4) is 0 Å². The van der Waals surface area contributed by atoms with Gasteiger partial charge in [0, 0.05) is 11.8 Å². The number of H-pyrrole nitrogens is 1. The van der Waals surface area contributed by atoms with Gasteiger partial charge in [-0.2, -0.15) is 5.10 Å². The standard InChI is InChI=1S/C12H8N4O3/c13-6-1-2-7-8(5-6)12(19)16(11(7)18)9-3-4-10(17)15-14-9/h1-5H,13H2,(H,15,17). The largest absolute Gasteiger partial charge is 0.399 e. The molecule has 1 aliphatic rings. The van der Waals surface area contributed by atoms with E-state index >= 15 is 0 Å². The first kappa shape index (κ1) is 11.1. The van der Waals surface area contributed by atoms with E-state index in [1.165, 1.54) is 24.3 Å². The highest BCUT2D eigenvalue weighted by molar-refractivity contribution is 6.34. The molecule has 0 aliphatic carbocycles. The van der Waals surface area contributed by atoms with Crippen molar-refractivity contribution in [3.63, 3.8) is 0 Å². The number of carbonyl (C=O) groups is 2. The van der Waals surface area contributed by atoms with Gasteiger partial charge in [-0.1, -0.05) is 0 Å². The average molecular weight is 256 g/mol. The van der Waals surface area contributed by atoms with Gasteiger partial charge in [-0.15, -0.1) is 0 Å². The fourth-order valence-corrected chi connectivity index (χ4v) is 1.93. The van der Waals surface area contributed by atoms with Gasteiger partial charge in [0.15, 0.2) is 5.82 Å². The maximum Gasteiger partial charge on any atom is 0.267 e. The minimum atomic E-state index is -0.508. The number of hydrogen-bond donors (Lipinski definition) is 2. The summed E-state index contributed by atoms with van der Waals surface area (Å²) in [7, 11) is 0. The number of nitrogens with one attached hydrogen (secondary N) is 1. The van der Waals surface area contributed by atoms with Crippen LogP contribution in [0.15, 0.2) is 35.1 Å². The fourth-order valence-electron chi connectivity index (χ4n) is 1.93. The van der Waals surface area contributed by atoms with Crippen LogP contribution in [0.1, 0.15) is 20.7 Å². The molecule has 0 radical (unpaired) electrons. The van der Waals surface area contributed by atoms with Crippen LogP contribution >= 0.6 is 0 Å². The molecule has 2 heterocycles. The maximum atomic E-state index is 12.2. The molecule has 94 valence electrons. The molecule has 3 rings (SSSR count). The highest BCUT2D eigenvalue weighted by atomic mass is 16.2. The van der Waals surface area contributed by atoms with E-state index in [1.807, 2.05) is 0 Å². The summed E-state index contributed by atoms with van der Waals surface area (Å²) < 4.78 is 0. The topological polar surface area (TPSA) is 109 Å². The van der Waals surface area contributed by atoms with Crippen LogP contribution in [0.25, 0.3) is 0 Å². The first-order valence-corrected chi connectivity index (χ1v) is 5.42. The molecule has 2 amide bonds. The van der Waals surface area contributed by atoms with Crippen molar-refractivity contribution in [1.29, 1.82) is 0 Å². The third-order valence-electron chi connectivity index (χ3n) is 2.80. The molecule has 3 N–H and O–H groups in total. The molecule has 7 heteroatoms. The Hall–Kier alpha value is -2.96. The first-order valence-electron chi connectivity index (χ1n) is 5.42. The monoisotopic (exact) mass is 256 g/mol. The van der Waals surface area contributed by atoms with Gasteiger partial charge in [0.25, 0.3) is 17.4 Å². The van der Waals surface area contributed by atoms with Crippen molar-refractivity contribution in [3.8, 4) is 0 Å². The minimum absolute atomic E-state index is 0.0735. The fraction of sp³-hybridized carbons (Fsp3) is 0. The van der Waals surface area contributed by atoms with Gasteiger partial charge in [-0.25, -0.2) is 10.00 Å². The number of nitrogen functional groups attached to an aromatic ring is 1. The maximum absolute atomic E-state index is 12.2. The molecule has 0 atom stereocenters. The smallest absolute Gasteiger partial charge is 0.267 e. The van der Waals surface area contributed by atoms with Crippen LogP contribution in [0.2, 0.25) is 0 Å². The Kier molecular flexibility index (Phi) is 2.21. The van der Waals surface area contributed by atoms with E-state index in [-0.39, 0.29) is 16.9 Å². The molecule has 7 nitrogen and oxygen atoms in total. The van der Waals surface area contributed by atoms with Crippen LogP contribution < -0.4 is 16.2 Å². The molecule has 19 heavy (non-hydrogen) atoms. The second kappa shape index (κ2) is 3.77. The van der Waals surface area contributed by atoms with E-state index in [2.05, 4.69) is 10.2 Å². The summed E-state index contributed by atoms with van der Waals surface area (Å²) in [5, 5.41) is 5.86. The van der Waals surface area contributed by atoms with E-state index in [0.29, 0.717) is 5.69 Å². The summed E-state index contributed by atoms with van der Waals surface area (Å²) in [6.07, 6.45) is 0. The molecule has 1 aromatic heterocycles. The summed E-state index contributed by atoms with van der Waals surface area (Å²) in [4.78, 5) is 36.1. The van der Waals surface area contributed by atoms with Gasteiger partial charge in [0.05, 0.1) is 11.1 Å². The van der Waals surface area contributed by atoms with E-state index in [0.717, 1.165) is 4.90 Å². The number of aromatic nitrogens is 2. The number of imide groups is 1. The zero-order valence-electron chi connectivity index (χ0n) is 9.58. The molecule has 0 spiro atoms. The molecule has 0 saturated carbocycles. The Morgan fingerprint density at radius 1 is 1.00 bits per heavy atom. The van der Waals surface area contributed by atoms with Crippen molar-refractivity contribution in [3.05, 3.63) is 51.8 Å². The molecular weight excluding hydrogens is 248 g/mol. The second-order valence-electron chi connectivity index (χ2n) is 4.03. The molecule has 0 saturated heterocycles. The molecule has 0 bridgehead atoms. The number of aromatic amines is 1. The lowest BCUT2D eigenvalue weighted by Gasteiger charge is -2.10. The van der Waals surface area contributed by atoms with Gasteiger partial charge in [0.1, 0.15) is 0 Å². The summed E-state index contributed by atoms with van der Waals surface area (Å²) in [6, 6.07) is 7.00. The summed E-state index contributed by atoms with van der Waals surface area (Å²) in [6.45, 7) is 0. The lowest BCUT2D eigenvalue weighted by molar-refractivity contribution is 0.0924. The predicted octanol–water partition coefficient (Wildman–Crippen LogP) is 0.153. The summed E-state index contributed by atoms with van der Waals surface area (Å²) >= 11 is 0. The van der Waals surface area contributed by atoms with E-state index in [1.54, 1.807) is 6.07 Å². The Balaban J connectivity index is 2.12. The summed E-state index contributed by atoms with van der Waals surface area (Å²) in [5.74, 6) is -0.921. The SMILES string of the molecule is Nc1ccc2c(c1)C(=O)N(c1ccc(=O)[nH]n1)C2=O. The zero-order valence-corrected chi connectivity index (χ0v) is 9.58. The average Bonchev–Trinajstić information content (AvgIpc) is 2.63. The number of fused-ring (bicyclic) bond motifs is 1. The van der Waals surface area contributed by atoms with Crippen LogP contribution in [0.4, 0.5) is 11.5 Å². The molecule has 2 aromatic rings. The van der Waals surface area contributed by atoms with Crippen molar-refractivity contribution in [2.75, 3.05) is 10.6 Å². The highest BCUT2D eigenvalue weighted by Gasteiger charge is 2.37. The first-order chi connectivity index (χ1) is 9.08. The number of hydrogen-bond acceptors (Lipinski definition) is 5. The number of nitrogens with two attached hydrogens (primary N) is 1. The lowest BCUT2D eigenvalue weighted by Crippen LogP contribution is -2.31. The van der Waals surface area contributed by atoms with Gasteiger partial charge in [0.2, 0.25) is 0 Å². The Bertz CT molecular complexity index is 745. The van der Waals surface area contributed by atoms with Crippen LogP contribution in [0, 0.1) is 0 Å². The Labute approximate surface area is 106 Å². The van der Waals surface area contributed by atoms with Crippen molar-refractivity contribution in [2.24, 2.45) is 0 Å². The molecule has 1 aromatic carbocycles.